The average molecular weight is 255 g/mol. The maximum Gasteiger partial charge on any atom is 0.0235 e. The van der Waals surface area contributed by atoms with Gasteiger partial charge in [0.2, 0.25) is 0 Å². The number of likely N-dealkylation sites (tertiary alicyclic amines) is 1. The molecular formula is C15H33N3. The van der Waals surface area contributed by atoms with Crippen LogP contribution in [-0.4, -0.2) is 55.1 Å². The van der Waals surface area contributed by atoms with E-state index in [1.54, 1.807) is 0 Å². The molecular weight excluding hydrogens is 222 g/mol. The molecule has 0 amide bonds. The Morgan fingerprint density at radius 3 is 2.61 bits per heavy atom. The predicted molar refractivity (Wildman–Crippen MR) is 79.8 cm³/mol. The van der Waals surface area contributed by atoms with Crippen molar-refractivity contribution in [3.05, 3.63) is 0 Å². The van der Waals surface area contributed by atoms with Crippen molar-refractivity contribution in [2.24, 2.45) is 11.7 Å². The number of hydrogen-bond donors (Lipinski definition) is 1. The highest BCUT2D eigenvalue weighted by atomic mass is 15.2. The molecule has 0 aromatic rings. The number of rotatable bonds is 9. The Morgan fingerprint density at radius 2 is 2.00 bits per heavy atom. The van der Waals surface area contributed by atoms with Crippen LogP contribution < -0.4 is 5.73 Å². The molecule has 1 heterocycles. The molecule has 18 heavy (non-hydrogen) atoms. The molecule has 0 radical (unpaired) electrons. The molecule has 2 unspecified atom stereocenters. The fraction of sp³-hybridized carbons (Fsp3) is 1.00. The molecule has 0 spiro atoms. The van der Waals surface area contributed by atoms with E-state index in [9.17, 15) is 0 Å². The smallest absolute Gasteiger partial charge is 0.0235 e. The van der Waals surface area contributed by atoms with Gasteiger partial charge in [-0.15, -0.1) is 0 Å². The summed E-state index contributed by atoms with van der Waals surface area (Å²) in [6, 6.07) is 0.807. The quantitative estimate of drug-likeness (QED) is 0.685. The second-order valence-corrected chi connectivity index (χ2v) is 5.79. The fourth-order valence-corrected chi connectivity index (χ4v) is 3.15. The van der Waals surface area contributed by atoms with Crippen LogP contribution in [0.3, 0.4) is 0 Å². The van der Waals surface area contributed by atoms with Gasteiger partial charge in [0.25, 0.3) is 0 Å². The van der Waals surface area contributed by atoms with Crippen LogP contribution in [0.5, 0.6) is 0 Å². The van der Waals surface area contributed by atoms with Gasteiger partial charge in [-0.3, -0.25) is 4.90 Å². The maximum atomic E-state index is 5.59. The number of hydrogen-bond acceptors (Lipinski definition) is 3. The van der Waals surface area contributed by atoms with Gasteiger partial charge in [0.1, 0.15) is 0 Å². The number of likely N-dealkylation sites (N-methyl/N-ethyl adjacent to an activating group) is 1. The van der Waals surface area contributed by atoms with Crippen molar-refractivity contribution in [2.75, 3.05) is 39.3 Å². The minimum Gasteiger partial charge on any atom is -0.330 e. The monoisotopic (exact) mass is 255 g/mol. The van der Waals surface area contributed by atoms with Crippen LogP contribution in [0.15, 0.2) is 0 Å². The molecule has 0 aromatic heterocycles. The van der Waals surface area contributed by atoms with Crippen molar-refractivity contribution in [1.82, 2.24) is 9.80 Å². The lowest BCUT2D eigenvalue weighted by molar-refractivity contribution is 0.209. The Hall–Kier alpha value is -0.120. The van der Waals surface area contributed by atoms with Crippen LogP contribution >= 0.6 is 0 Å². The van der Waals surface area contributed by atoms with Crippen molar-refractivity contribution in [3.63, 3.8) is 0 Å². The van der Waals surface area contributed by atoms with Crippen molar-refractivity contribution in [1.29, 1.82) is 0 Å². The highest BCUT2D eigenvalue weighted by molar-refractivity contribution is 4.82. The lowest BCUT2D eigenvalue weighted by atomic mass is 10.0. The third-order valence-electron chi connectivity index (χ3n) is 4.41. The van der Waals surface area contributed by atoms with E-state index in [4.69, 9.17) is 5.73 Å². The Morgan fingerprint density at radius 1 is 1.28 bits per heavy atom. The first-order valence-electron chi connectivity index (χ1n) is 7.87. The minimum atomic E-state index is 0.802. The van der Waals surface area contributed by atoms with E-state index < -0.39 is 0 Å². The van der Waals surface area contributed by atoms with Crippen LogP contribution in [-0.2, 0) is 0 Å². The van der Waals surface area contributed by atoms with Gasteiger partial charge in [-0.2, -0.15) is 0 Å². The minimum absolute atomic E-state index is 0.802. The summed E-state index contributed by atoms with van der Waals surface area (Å²) < 4.78 is 0. The van der Waals surface area contributed by atoms with Crippen LogP contribution in [0.2, 0.25) is 0 Å². The lowest BCUT2D eigenvalue weighted by Gasteiger charge is -2.26. The van der Waals surface area contributed by atoms with E-state index in [2.05, 4.69) is 30.6 Å². The molecule has 0 aromatic carbocycles. The molecule has 0 aliphatic carbocycles. The summed E-state index contributed by atoms with van der Waals surface area (Å²) in [5, 5.41) is 0. The highest BCUT2D eigenvalue weighted by Gasteiger charge is 2.25. The summed E-state index contributed by atoms with van der Waals surface area (Å²) in [6.45, 7) is 14.0. The van der Waals surface area contributed by atoms with E-state index in [-0.39, 0.29) is 0 Å². The highest BCUT2D eigenvalue weighted by Crippen LogP contribution is 2.17. The van der Waals surface area contributed by atoms with E-state index in [0.29, 0.717) is 0 Å². The largest absolute Gasteiger partial charge is 0.330 e. The summed E-state index contributed by atoms with van der Waals surface area (Å²) in [4.78, 5) is 5.26. The van der Waals surface area contributed by atoms with E-state index in [1.807, 2.05) is 0 Å². The molecule has 1 aliphatic rings. The van der Waals surface area contributed by atoms with Crippen LogP contribution in [0.1, 0.15) is 46.5 Å². The van der Waals surface area contributed by atoms with E-state index >= 15 is 0 Å². The second-order valence-electron chi connectivity index (χ2n) is 5.79. The average Bonchev–Trinajstić information content (AvgIpc) is 2.80. The lowest BCUT2D eigenvalue weighted by Crippen LogP contribution is -2.37. The number of nitrogens with two attached hydrogens (primary N) is 1. The van der Waals surface area contributed by atoms with Crippen LogP contribution in [0.25, 0.3) is 0 Å². The summed E-state index contributed by atoms with van der Waals surface area (Å²) >= 11 is 0. The third-order valence-corrected chi connectivity index (χ3v) is 4.41. The first-order valence-corrected chi connectivity index (χ1v) is 7.87. The zero-order valence-electron chi connectivity index (χ0n) is 12.7. The topological polar surface area (TPSA) is 32.5 Å². The van der Waals surface area contributed by atoms with Gasteiger partial charge in [0.15, 0.2) is 0 Å². The van der Waals surface area contributed by atoms with Gasteiger partial charge in [-0.05, 0) is 64.3 Å². The molecule has 1 rings (SSSR count). The maximum absolute atomic E-state index is 5.59. The molecule has 2 N–H and O–H groups in total. The van der Waals surface area contributed by atoms with Gasteiger partial charge in [0, 0.05) is 12.6 Å². The molecule has 2 atom stereocenters. The molecule has 3 heteroatoms. The van der Waals surface area contributed by atoms with Gasteiger partial charge in [-0.25, -0.2) is 0 Å². The summed E-state index contributed by atoms with van der Waals surface area (Å²) in [5.41, 5.74) is 5.59. The zero-order chi connectivity index (χ0) is 13.4. The molecule has 1 fully saturated rings. The third kappa shape index (κ3) is 5.25. The fourth-order valence-electron chi connectivity index (χ4n) is 3.15. The second kappa shape index (κ2) is 8.89. The summed E-state index contributed by atoms with van der Waals surface area (Å²) in [7, 11) is 0. The number of nitrogens with zero attached hydrogens (tertiary/aromatic N) is 2. The molecule has 108 valence electrons. The Bertz CT molecular complexity index is 204. The molecule has 0 saturated carbocycles. The SMILES string of the molecule is CCN(CC)C1CCN(CCCC(C)CCN)C1. The normalized spacial score (nSPS) is 22.8. The molecule has 1 aliphatic heterocycles. The molecule has 0 bridgehead atoms. The standard InChI is InChI=1S/C15H33N3/c1-4-18(5-2)15-9-12-17(13-15)11-6-7-14(3)8-10-16/h14-15H,4-13,16H2,1-3H3. The van der Waals surface area contributed by atoms with Crippen LogP contribution in [0, 0.1) is 5.92 Å². The first kappa shape index (κ1) is 15.9. The van der Waals surface area contributed by atoms with Gasteiger partial charge < -0.3 is 10.6 Å². The first-order chi connectivity index (χ1) is 8.71. The Kier molecular flexibility index (Phi) is 7.87. The van der Waals surface area contributed by atoms with Gasteiger partial charge in [-0.1, -0.05) is 20.8 Å². The van der Waals surface area contributed by atoms with Crippen molar-refractivity contribution >= 4 is 0 Å². The Balaban J connectivity index is 2.14. The molecule has 3 nitrogen and oxygen atoms in total. The van der Waals surface area contributed by atoms with Gasteiger partial charge >= 0.3 is 0 Å². The van der Waals surface area contributed by atoms with Crippen molar-refractivity contribution in [3.8, 4) is 0 Å². The van der Waals surface area contributed by atoms with Gasteiger partial charge in [0.05, 0.1) is 0 Å². The molecule has 1 saturated heterocycles. The van der Waals surface area contributed by atoms with Crippen molar-refractivity contribution in [2.45, 2.75) is 52.5 Å². The zero-order valence-corrected chi connectivity index (χ0v) is 12.7. The Labute approximate surface area is 114 Å². The summed E-state index contributed by atoms with van der Waals surface area (Å²) in [5.74, 6) is 0.802. The van der Waals surface area contributed by atoms with E-state index in [0.717, 1.165) is 18.5 Å². The van der Waals surface area contributed by atoms with Crippen molar-refractivity contribution < 1.29 is 0 Å². The van der Waals surface area contributed by atoms with E-state index in [1.165, 1.54) is 58.4 Å². The predicted octanol–water partition coefficient (Wildman–Crippen LogP) is 2.17. The summed E-state index contributed by atoms with van der Waals surface area (Å²) in [6.07, 6.45) is 5.22. The van der Waals surface area contributed by atoms with Crippen LogP contribution in [0.4, 0.5) is 0 Å².